The number of phenols is 1. The highest BCUT2D eigenvalue weighted by molar-refractivity contribution is 5.41. The van der Waals surface area contributed by atoms with Crippen LogP contribution >= 0.6 is 0 Å². The van der Waals surface area contributed by atoms with Gasteiger partial charge < -0.3 is 15.3 Å². The van der Waals surface area contributed by atoms with Gasteiger partial charge in [0, 0.05) is 0 Å². The second-order valence-corrected chi connectivity index (χ2v) is 8.29. The number of phenolic OH excluding ortho intramolecular Hbond substituents is 1. The molecule has 3 nitrogen and oxygen atoms in total. The number of aryl methyl sites for hydroxylation is 1. The molecule has 1 aromatic rings. The summed E-state index contributed by atoms with van der Waals surface area (Å²) in [7, 11) is 0. The summed E-state index contributed by atoms with van der Waals surface area (Å²) in [6.45, 7) is 4.53. The van der Waals surface area contributed by atoms with Crippen LogP contribution in [0.3, 0.4) is 0 Å². The Morgan fingerprint density at radius 2 is 1.86 bits per heavy atom. The molecule has 2 fully saturated rings. The molecule has 0 bridgehead atoms. The summed E-state index contributed by atoms with van der Waals surface area (Å²) in [6.07, 6.45) is 3.64. The third-order valence-corrected chi connectivity index (χ3v) is 7.31. The van der Waals surface area contributed by atoms with Crippen molar-refractivity contribution in [2.24, 2.45) is 16.7 Å². The van der Waals surface area contributed by atoms with Crippen LogP contribution in [0.25, 0.3) is 0 Å². The lowest BCUT2D eigenvalue weighted by Gasteiger charge is -2.56. The number of aliphatic hydroxyl groups is 2. The summed E-state index contributed by atoms with van der Waals surface area (Å²) < 4.78 is 0. The molecule has 2 saturated carbocycles. The summed E-state index contributed by atoms with van der Waals surface area (Å²) in [4.78, 5) is 0. The van der Waals surface area contributed by atoms with Gasteiger partial charge in [0.2, 0.25) is 0 Å². The van der Waals surface area contributed by atoms with Gasteiger partial charge in [-0.25, -0.2) is 0 Å². The average Bonchev–Trinajstić information content (AvgIpc) is 2.72. The standard InChI is InChI=1S/C19H26O3/c1-18-7-5-11-9-12(20)3-4-13(11)14(18)6-8-19(2)16(18)10-15(21)17(19)22/h3-4,9,14-17,20-22H,5-8,10H2,1-2H3/t14-,15-,16+,17+,18-,19+/m1/s1. The van der Waals surface area contributed by atoms with Crippen LogP contribution in [0, 0.1) is 16.7 Å². The molecule has 0 unspecified atom stereocenters. The van der Waals surface area contributed by atoms with Crippen LogP contribution in [0.1, 0.15) is 56.6 Å². The molecular formula is C19H26O3. The van der Waals surface area contributed by atoms with Gasteiger partial charge in [-0.3, -0.25) is 0 Å². The molecule has 3 aliphatic carbocycles. The summed E-state index contributed by atoms with van der Waals surface area (Å²) in [5, 5.41) is 30.5. The highest BCUT2D eigenvalue weighted by Crippen LogP contribution is 2.66. The third kappa shape index (κ3) is 1.70. The van der Waals surface area contributed by atoms with Crippen molar-refractivity contribution in [3.63, 3.8) is 0 Å². The lowest BCUT2D eigenvalue weighted by Crippen LogP contribution is -2.50. The maximum Gasteiger partial charge on any atom is 0.115 e. The first-order valence-corrected chi connectivity index (χ1v) is 8.54. The number of aliphatic hydroxyl groups excluding tert-OH is 2. The van der Waals surface area contributed by atoms with E-state index in [1.54, 1.807) is 6.07 Å². The number of hydrogen-bond acceptors (Lipinski definition) is 3. The van der Waals surface area contributed by atoms with Crippen LogP contribution in [0.5, 0.6) is 5.75 Å². The van der Waals surface area contributed by atoms with Crippen molar-refractivity contribution in [2.45, 2.75) is 64.1 Å². The van der Waals surface area contributed by atoms with Gasteiger partial charge in [0.25, 0.3) is 0 Å². The van der Waals surface area contributed by atoms with E-state index in [0.29, 0.717) is 17.6 Å². The monoisotopic (exact) mass is 302 g/mol. The Balaban J connectivity index is 1.78. The first kappa shape index (κ1) is 14.5. The molecule has 22 heavy (non-hydrogen) atoms. The van der Waals surface area contributed by atoms with Crippen molar-refractivity contribution >= 4 is 0 Å². The van der Waals surface area contributed by atoms with E-state index in [0.717, 1.165) is 32.1 Å². The fourth-order valence-corrected chi connectivity index (χ4v) is 6.07. The Morgan fingerprint density at radius 3 is 2.64 bits per heavy atom. The number of aromatic hydroxyl groups is 1. The van der Waals surface area contributed by atoms with Crippen LogP contribution in [-0.4, -0.2) is 27.5 Å². The normalized spacial score (nSPS) is 46.7. The predicted molar refractivity (Wildman–Crippen MR) is 84.7 cm³/mol. The second-order valence-electron chi connectivity index (χ2n) is 8.29. The average molecular weight is 302 g/mol. The molecule has 3 N–H and O–H groups in total. The highest BCUT2D eigenvalue weighted by atomic mass is 16.3. The minimum atomic E-state index is -0.587. The summed E-state index contributed by atoms with van der Waals surface area (Å²) in [6, 6.07) is 5.81. The molecule has 3 heteroatoms. The van der Waals surface area contributed by atoms with E-state index in [-0.39, 0.29) is 10.8 Å². The van der Waals surface area contributed by atoms with Crippen molar-refractivity contribution in [3.8, 4) is 5.75 Å². The van der Waals surface area contributed by atoms with E-state index in [2.05, 4.69) is 19.9 Å². The smallest absolute Gasteiger partial charge is 0.115 e. The van der Waals surface area contributed by atoms with Gasteiger partial charge in [0.15, 0.2) is 0 Å². The van der Waals surface area contributed by atoms with Crippen LogP contribution in [-0.2, 0) is 6.42 Å². The number of rotatable bonds is 0. The van der Waals surface area contributed by atoms with Crippen LogP contribution in [0.4, 0.5) is 0 Å². The zero-order valence-corrected chi connectivity index (χ0v) is 13.4. The van der Waals surface area contributed by atoms with Gasteiger partial charge in [-0.15, -0.1) is 0 Å². The van der Waals surface area contributed by atoms with Crippen molar-refractivity contribution in [2.75, 3.05) is 0 Å². The number of benzene rings is 1. The van der Waals surface area contributed by atoms with Crippen LogP contribution in [0.2, 0.25) is 0 Å². The third-order valence-electron chi connectivity index (χ3n) is 7.31. The molecule has 120 valence electrons. The lowest BCUT2D eigenvalue weighted by molar-refractivity contribution is -0.0785. The molecule has 0 spiro atoms. The SMILES string of the molecule is C[C@@]12CCc3cc(O)ccc3[C@H]1CC[C@@]1(C)[C@H]2C[C@@H](O)[C@@H]1O. The van der Waals surface area contributed by atoms with E-state index in [1.807, 2.05) is 6.07 Å². The molecule has 3 aliphatic rings. The predicted octanol–water partition coefficient (Wildman–Crippen LogP) is 2.97. The van der Waals surface area contributed by atoms with Crippen LogP contribution in [0.15, 0.2) is 18.2 Å². The fourth-order valence-electron chi connectivity index (χ4n) is 6.07. The molecule has 1 aromatic carbocycles. The van der Waals surface area contributed by atoms with Gasteiger partial charge in [-0.1, -0.05) is 19.9 Å². The fraction of sp³-hybridized carbons (Fsp3) is 0.684. The van der Waals surface area contributed by atoms with E-state index < -0.39 is 12.2 Å². The van der Waals surface area contributed by atoms with Gasteiger partial charge in [-0.2, -0.15) is 0 Å². The second kappa shape index (κ2) is 4.48. The van der Waals surface area contributed by atoms with E-state index >= 15 is 0 Å². The zero-order valence-electron chi connectivity index (χ0n) is 13.4. The topological polar surface area (TPSA) is 60.7 Å². The molecule has 0 heterocycles. The number of hydrogen-bond donors (Lipinski definition) is 3. The quantitative estimate of drug-likeness (QED) is 0.690. The number of fused-ring (bicyclic) bond motifs is 5. The first-order chi connectivity index (χ1) is 10.4. The largest absolute Gasteiger partial charge is 0.508 e. The van der Waals surface area contributed by atoms with Gasteiger partial charge in [-0.05, 0) is 78.0 Å². The highest BCUT2D eigenvalue weighted by Gasteiger charge is 2.62. The zero-order chi connectivity index (χ0) is 15.7. The van der Waals surface area contributed by atoms with E-state index in [4.69, 9.17) is 0 Å². The summed E-state index contributed by atoms with van der Waals surface area (Å²) in [5.74, 6) is 1.20. The summed E-state index contributed by atoms with van der Waals surface area (Å²) in [5.41, 5.74) is 2.64. The first-order valence-electron chi connectivity index (χ1n) is 8.54. The Hall–Kier alpha value is -1.06. The minimum Gasteiger partial charge on any atom is -0.508 e. The molecule has 0 saturated heterocycles. The van der Waals surface area contributed by atoms with E-state index in [9.17, 15) is 15.3 Å². The lowest BCUT2D eigenvalue weighted by atomic mass is 9.48. The molecule has 0 aromatic heterocycles. The molecule has 4 rings (SSSR count). The Bertz CT molecular complexity index is 613. The maximum atomic E-state index is 10.5. The van der Waals surface area contributed by atoms with Crippen molar-refractivity contribution in [1.29, 1.82) is 0 Å². The Labute approximate surface area is 132 Å². The maximum absolute atomic E-state index is 10.5. The minimum absolute atomic E-state index is 0.134. The van der Waals surface area contributed by atoms with E-state index in [1.165, 1.54) is 11.1 Å². The van der Waals surface area contributed by atoms with Gasteiger partial charge in [0.1, 0.15) is 5.75 Å². The summed E-state index contributed by atoms with van der Waals surface area (Å²) >= 11 is 0. The molecule has 0 amide bonds. The van der Waals surface area contributed by atoms with Crippen molar-refractivity contribution in [1.82, 2.24) is 0 Å². The van der Waals surface area contributed by atoms with Crippen molar-refractivity contribution in [3.05, 3.63) is 29.3 Å². The molecule has 0 radical (unpaired) electrons. The van der Waals surface area contributed by atoms with Crippen molar-refractivity contribution < 1.29 is 15.3 Å². The molecule has 6 atom stereocenters. The molecule has 0 aliphatic heterocycles. The van der Waals surface area contributed by atoms with Gasteiger partial charge >= 0.3 is 0 Å². The van der Waals surface area contributed by atoms with Crippen LogP contribution < -0.4 is 0 Å². The Kier molecular flexibility index (Phi) is 2.96. The molecular weight excluding hydrogens is 276 g/mol. The van der Waals surface area contributed by atoms with Gasteiger partial charge in [0.05, 0.1) is 12.2 Å². The Morgan fingerprint density at radius 1 is 1.09 bits per heavy atom.